The number of hydrogen-bond donors (Lipinski definition) is 0. The summed E-state index contributed by atoms with van der Waals surface area (Å²) in [5, 5.41) is 0. The lowest BCUT2D eigenvalue weighted by molar-refractivity contribution is 0.171. The van der Waals surface area contributed by atoms with E-state index in [2.05, 4.69) is 0 Å². The zero-order valence-electron chi connectivity index (χ0n) is 14.3. The van der Waals surface area contributed by atoms with Crippen LogP contribution in [0.1, 0.15) is 43.7 Å². The van der Waals surface area contributed by atoms with E-state index in [4.69, 9.17) is 9.47 Å². The van der Waals surface area contributed by atoms with E-state index in [9.17, 15) is 8.42 Å². The smallest absolute Gasteiger partial charge is 0.282 e. The Bertz CT molecular complexity index is 781. The molecular formula is C18H24N2O4S. The molecule has 3 aliphatic heterocycles. The molecule has 7 heteroatoms. The van der Waals surface area contributed by atoms with Crippen LogP contribution in [0, 0.1) is 5.92 Å². The first-order valence-electron chi connectivity index (χ1n) is 9.31. The van der Waals surface area contributed by atoms with Crippen molar-refractivity contribution >= 4 is 10.2 Å². The van der Waals surface area contributed by atoms with E-state index < -0.39 is 10.2 Å². The van der Waals surface area contributed by atoms with Crippen LogP contribution in [0.2, 0.25) is 0 Å². The molecule has 0 spiro atoms. The Balaban J connectivity index is 1.44. The van der Waals surface area contributed by atoms with E-state index in [1.54, 1.807) is 8.61 Å². The third kappa shape index (κ3) is 2.55. The monoisotopic (exact) mass is 364 g/mol. The van der Waals surface area contributed by atoms with E-state index in [0.717, 1.165) is 42.7 Å². The normalized spacial score (nSPS) is 32.4. The van der Waals surface area contributed by atoms with Crippen LogP contribution in [0.5, 0.6) is 11.5 Å². The Morgan fingerprint density at radius 3 is 2.60 bits per heavy atom. The second-order valence-electron chi connectivity index (χ2n) is 7.58. The van der Waals surface area contributed by atoms with Gasteiger partial charge in [0.15, 0.2) is 11.5 Å². The first-order chi connectivity index (χ1) is 12.1. The van der Waals surface area contributed by atoms with Gasteiger partial charge in [0, 0.05) is 19.1 Å². The quantitative estimate of drug-likeness (QED) is 0.826. The molecule has 6 nitrogen and oxygen atoms in total. The molecule has 2 saturated heterocycles. The fourth-order valence-corrected chi connectivity index (χ4v) is 7.06. The summed E-state index contributed by atoms with van der Waals surface area (Å²) >= 11 is 0. The summed E-state index contributed by atoms with van der Waals surface area (Å²) in [4.78, 5) is 0. The molecule has 5 rings (SSSR count). The van der Waals surface area contributed by atoms with Crippen LogP contribution in [0.3, 0.4) is 0 Å². The SMILES string of the molecule is O=S(=O)(N1CC2CCC1C2)N1CCCC1c1ccc2c(c1)OCCO2. The van der Waals surface area contributed by atoms with E-state index in [-0.39, 0.29) is 12.1 Å². The predicted octanol–water partition coefficient (Wildman–Crippen LogP) is 2.32. The maximum Gasteiger partial charge on any atom is 0.282 e. The van der Waals surface area contributed by atoms with Crippen molar-refractivity contribution in [1.82, 2.24) is 8.61 Å². The van der Waals surface area contributed by atoms with Gasteiger partial charge in [-0.25, -0.2) is 0 Å². The van der Waals surface area contributed by atoms with Crippen molar-refractivity contribution in [2.75, 3.05) is 26.3 Å². The minimum absolute atomic E-state index is 0.0973. The van der Waals surface area contributed by atoms with Gasteiger partial charge < -0.3 is 9.47 Å². The van der Waals surface area contributed by atoms with Crippen molar-refractivity contribution < 1.29 is 17.9 Å². The van der Waals surface area contributed by atoms with Gasteiger partial charge in [0.1, 0.15) is 13.2 Å². The van der Waals surface area contributed by atoms with E-state index in [0.29, 0.717) is 32.2 Å². The standard InChI is InChI=1S/C18H24N2O4S/c21-25(22,20-12-13-3-5-15(20)10-13)19-7-1-2-16(19)14-4-6-17-18(11-14)24-9-8-23-17/h4,6,11,13,15-16H,1-3,5,7-10,12H2. The summed E-state index contributed by atoms with van der Waals surface area (Å²) in [5.41, 5.74) is 1.01. The molecule has 136 valence electrons. The van der Waals surface area contributed by atoms with Crippen LogP contribution >= 0.6 is 0 Å². The highest BCUT2D eigenvalue weighted by atomic mass is 32.2. The van der Waals surface area contributed by atoms with Crippen molar-refractivity contribution in [2.45, 2.75) is 44.2 Å². The molecule has 0 radical (unpaired) electrons. The Morgan fingerprint density at radius 1 is 1.00 bits per heavy atom. The lowest BCUT2D eigenvalue weighted by Crippen LogP contribution is -2.46. The van der Waals surface area contributed by atoms with E-state index in [1.165, 1.54) is 6.42 Å². The Morgan fingerprint density at radius 2 is 1.84 bits per heavy atom. The summed E-state index contributed by atoms with van der Waals surface area (Å²) < 4.78 is 41.3. The number of rotatable bonds is 3. The molecule has 25 heavy (non-hydrogen) atoms. The third-order valence-corrected chi connectivity index (χ3v) is 8.18. The molecular weight excluding hydrogens is 340 g/mol. The lowest BCUT2D eigenvalue weighted by Gasteiger charge is -2.33. The first kappa shape index (κ1) is 15.9. The molecule has 3 atom stereocenters. The minimum atomic E-state index is -3.39. The van der Waals surface area contributed by atoms with Gasteiger partial charge >= 0.3 is 0 Å². The maximum atomic E-state index is 13.3. The summed E-state index contributed by atoms with van der Waals surface area (Å²) in [5.74, 6) is 2.04. The van der Waals surface area contributed by atoms with Crippen molar-refractivity contribution in [3.05, 3.63) is 23.8 Å². The van der Waals surface area contributed by atoms with Crippen LogP contribution < -0.4 is 9.47 Å². The fourth-order valence-electron chi connectivity index (χ4n) is 4.91. The number of piperidine rings is 1. The highest BCUT2D eigenvalue weighted by molar-refractivity contribution is 7.86. The predicted molar refractivity (Wildman–Crippen MR) is 92.9 cm³/mol. The van der Waals surface area contributed by atoms with Gasteiger partial charge in [0.2, 0.25) is 0 Å². The van der Waals surface area contributed by atoms with Crippen LogP contribution in [0.25, 0.3) is 0 Å². The molecule has 1 aromatic rings. The molecule has 0 amide bonds. The Hall–Kier alpha value is -1.31. The average Bonchev–Trinajstić information content (AvgIpc) is 3.37. The molecule has 1 aromatic carbocycles. The summed E-state index contributed by atoms with van der Waals surface area (Å²) in [6.07, 6.45) is 5.01. The molecule has 2 bridgehead atoms. The van der Waals surface area contributed by atoms with Crippen LogP contribution in [-0.2, 0) is 10.2 Å². The van der Waals surface area contributed by atoms with Gasteiger partial charge in [-0.15, -0.1) is 0 Å². The molecule has 0 N–H and O–H groups in total. The second-order valence-corrected chi connectivity index (χ2v) is 9.42. The minimum Gasteiger partial charge on any atom is -0.486 e. The van der Waals surface area contributed by atoms with Crippen molar-refractivity contribution in [1.29, 1.82) is 0 Å². The van der Waals surface area contributed by atoms with Crippen LogP contribution in [-0.4, -0.2) is 49.4 Å². The van der Waals surface area contributed by atoms with Crippen molar-refractivity contribution in [2.24, 2.45) is 5.92 Å². The molecule has 0 aromatic heterocycles. The van der Waals surface area contributed by atoms with Crippen molar-refractivity contribution in [3.8, 4) is 11.5 Å². The summed E-state index contributed by atoms with van der Waals surface area (Å²) in [7, 11) is -3.39. The number of nitrogens with zero attached hydrogens (tertiary/aromatic N) is 2. The molecule has 4 aliphatic rings. The largest absolute Gasteiger partial charge is 0.486 e. The molecule has 1 aliphatic carbocycles. The molecule has 3 heterocycles. The average molecular weight is 364 g/mol. The lowest BCUT2D eigenvalue weighted by atomic mass is 10.0. The topological polar surface area (TPSA) is 59.1 Å². The van der Waals surface area contributed by atoms with Gasteiger partial charge in [0.05, 0.1) is 6.04 Å². The second kappa shape index (κ2) is 5.86. The number of hydrogen-bond acceptors (Lipinski definition) is 4. The molecule has 1 saturated carbocycles. The van der Waals surface area contributed by atoms with Crippen molar-refractivity contribution in [3.63, 3.8) is 0 Å². The van der Waals surface area contributed by atoms with Gasteiger partial charge in [-0.2, -0.15) is 17.0 Å². The van der Waals surface area contributed by atoms with E-state index in [1.807, 2.05) is 18.2 Å². The van der Waals surface area contributed by atoms with Gasteiger partial charge in [-0.3, -0.25) is 0 Å². The number of ether oxygens (including phenoxy) is 2. The van der Waals surface area contributed by atoms with Gasteiger partial charge in [-0.1, -0.05) is 6.07 Å². The van der Waals surface area contributed by atoms with Gasteiger partial charge in [-0.05, 0) is 55.7 Å². The highest BCUT2D eigenvalue weighted by Crippen LogP contribution is 2.44. The number of benzene rings is 1. The summed E-state index contributed by atoms with van der Waals surface area (Å²) in [6.45, 7) is 2.42. The number of fused-ring (bicyclic) bond motifs is 3. The zero-order valence-corrected chi connectivity index (χ0v) is 15.1. The van der Waals surface area contributed by atoms with Crippen LogP contribution in [0.4, 0.5) is 0 Å². The summed E-state index contributed by atoms with van der Waals surface area (Å²) in [6, 6.07) is 5.98. The van der Waals surface area contributed by atoms with Crippen LogP contribution in [0.15, 0.2) is 18.2 Å². The third-order valence-electron chi connectivity index (χ3n) is 6.11. The molecule has 3 fully saturated rings. The van der Waals surface area contributed by atoms with Gasteiger partial charge in [0.25, 0.3) is 10.2 Å². The molecule has 3 unspecified atom stereocenters. The van der Waals surface area contributed by atoms with E-state index >= 15 is 0 Å². The highest BCUT2D eigenvalue weighted by Gasteiger charge is 2.48. The maximum absolute atomic E-state index is 13.3. The first-order valence-corrected chi connectivity index (χ1v) is 10.7. The zero-order chi connectivity index (χ0) is 17.0. The Kier molecular flexibility index (Phi) is 3.73. The Labute approximate surface area is 148 Å². The fraction of sp³-hybridized carbons (Fsp3) is 0.667.